The number of ether oxygens (including phenoxy) is 1. The molecule has 1 heterocycles. The number of aliphatic hydroxyl groups excluding tert-OH is 1. The summed E-state index contributed by atoms with van der Waals surface area (Å²) >= 11 is 0. The normalized spacial score (nSPS) is 13.6. The van der Waals surface area contributed by atoms with Crippen molar-refractivity contribution in [3.8, 4) is 0 Å². The summed E-state index contributed by atoms with van der Waals surface area (Å²) in [7, 11) is 0. The molecule has 1 aromatic heterocycles. The zero-order chi connectivity index (χ0) is 14.6. The molecule has 0 spiro atoms. The van der Waals surface area contributed by atoms with Crippen molar-refractivity contribution in [3.05, 3.63) is 42.1 Å². The van der Waals surface area contributed by atoms with Crippen molar-refractivity contribution in [3.63, 3.8) is 0 Å². The van der Waals surface area contributed by atoms with Crippen LogP contribution in [0.4, 0.5) is 0 Å². The van der Waals surface area contributed by atoms with Gasteiger partial charge in [0.05, 0.1) is 11.1 Å². The lowest BCUT2D eigenvalue weighted by atomic mass is 9.86. The Morgan fingerprint density at radius 3 is 2.55 bits per heavy atom. The molecule has 0 bridgehead atoms. The topological polar surface area (TPSA) is 42.4 Å². The van der Waals surface area contributed by atoms with E-state index in [1.807, 2.05) is 37.3 Å². The molecule has 0 fully saturated rings. The smallest absolute Gasteiger partial charge is 0.109 e. The van der Waals surface area contributed by atoms with Crippen LogP contribution in [0.1, 0.15) is 45.3 Å². The molecule has 0 radical (unpaired) electrons. The Morgan fingerprint density at radius 2 is 1.90 bits per heavy atom. The summed E-state index contributed by atoms with van der Waals surface area (Å²) in [4.78, 5) is 4.43. The Hall–Kier alpha value is -1.45. The lowest BCUT2D eigenvalue weighted by Crippen LogP contribution is -2.38. The number of para-hydroxylation sites is 1. The van der Waals surface area contributed by atoms with Gasteiger partial charge in [0.25, 0.3) is 0 Å². The maximum atomic E-state index is 10.8. The first-order valence-electron chi connectivity index (χ1n) is 7.33. The second kappa shape index (κ2) is 6.33. The Bertz CT molecular complexity index is 564. The Labute approximate surface area is 120 Å². The molecule has 0 aliphatic heterocycles. The predicted molar refractivity (Wildman–Crippen MR) is 81.6 cm³/mol. The third kappa shape index (κ3) is 2.69. The number of hydrogen-bond acceptors (Lipinski definition) is 3. The second-order valence-corrected chi connectivity index (χ2v) is 5.07. The van der Waals surface area contributed by atoms with Gasteiger partial charge in [0.2, 0.25) is 0 Å². The molecule has 0 aliphatic rings. The van der Waals surface area contributed by atoms with Gasteiger partial charge in [0.1, 0.15) is 6.10 Å². The molecule has 0 saturated heterocycles. The quantitative estimate of drug-likeness (QED) is 0.869. The van der Waals surface area contributed by atoms with Gasteiger partial charge < -0.3 is 9.84 Å². The molecule has 1 atom stereocenters. The summed E-state index contributed by atoms with van der Waals surface area (Å²) < 4.78 is 5.88. The highest BCUT2D eigenvalue weighted by Gasteiger charge is 2.36. The third-order valence-electron chi connectivity index (χ3n) is 4.05. The molecule has 20 heavy (non-hydrogen) atoms. The van der Waals surface area contributed by atoms with Gasteiger partial charge in [-0.3, -0.25) is 4.98 Å². The summed E-state index contributed by atoms with van der Waals surface area (Å²) in [5, 5.41) is 11.8. The van der Waals surface area contributed by atoms with Crippen LogP contribution in [0.5, 0.6) is 0 Å². The largest absolute Gasteiger partial charge is 0.385 e. The van der Waals surface area contributed by atoms with Gasteiger partial charge in [0, 0.05) is 23.8 Å². The highest BCUT2D eigenvalue weighted by molar-refractivity contribution is 5.78. The van der Waals surface area contributed by atoms with Crippen molar-refractivity contribution in [2.24, 2.45) is 0 Å². The van der Waals surface area contributed by atoms with Crippen molar-refractivity contribution >= 4 is 10.9 Å². The van der Waals surface area contributed by atoms with E-state index < -0.39 is 11.7 Å². The standard InChI is InChI=1S/C17H23NO2/c1-4-17(5-2,20-6-3)16(19)14-11-13-9-7-8-10-15(13)18-12-14/h7-12,16,19H,4-6H2,1-3H3. The van der Waals surface area contributed by atoms with Crippen molar-refractivity contribution in [2.45, 2.75) is 45.3 Å². The number of aromatic nitrogens is 1. The van der Waals surface area contributed by atoms with Gasteiger partial charge >= 0.3 is 0 Å². The van der Waals surface area contributed by atoms with Gasteiger partial charge in [-0.2, -0.15) is 0 Å². The minimum absolute atomic E-state index is 0.529. The summed E-state index contributed by atoms with van der Waals surface area (Å²) in [5.41, 5.74) is 1.23. The summed E-state index contributed by atoms with van der Waals surface area (Å²) in [5.74, 6) is 0. The number of fused-ring (bicyclic) bond motifs is 1. The maximum Gasteiger partial charge on any atom is 0.109 e. The van der Waals surface area contributed by atoms with E-state index >= 15 is 0 Å². The van der Waals surface area contributed by atoms with Gasteiger partial charge in [-0.25, -0.2) is 0 Å². The van der Waals surface area contributed by atoms with E-state index in [-0.39, 0.29) is 0 Å². The Morgan fingerprint density at radius 1 is 1.20 bits per heavy atom. The van der Waals surface area contributed by atoms with Crippen molar-refractivity contribution < 1.29 is 9.84 Å². The Balaban J connectivity index is 2.40. The fraction of sp³-hybridized carbons (Fsp3) is 0.471. The van der Waals surface area contributed by atoms with Gasteiger partial charge in [-0.15, -0.1) is 0 Å². The highest BCUT2D eigenvalue weighted by atomic mass is 16.5. The van der Waals surface area contributed by atoms with E-state index in [0.717, 1.165) is 29.3 Å². The lowest BCUT2D eigenvalue weighted by molar-refractivity contribution is -0.127. The molecule has 0 saturated carbocycles. The number of benzene rings is 1. The zero-order valence-electron chi connectivity index (χ0n) is 12.5. The van der Waals surface area contributed by atoms with E-state index in [0.29, 0.717) is 6.61 Å². The van der Waals surface area contributed by atoms with Gasteiger partial charge in [-0.1, -0.05) is 32.0 Å². The predicted octanol–water partition coefficient (Wildman–Crippen LogP) is 3.86. The van der Waals surface area contributed by atoms with E-state index in [2.05, 4.69) is 18.8 Å². The van der Waals surface area contributed by atoms with E-state index in [9.17, 15) is 5.11 Å². The summed E-state index contributed by atoms with van der Waals surface area (Å²) in [6.45, 7) is 6.67. The summed E-state index contributed by atoms with van der Waals surface area (Å²) in [6, 6.07) is 9.94. The average molecular weight is 273 g/mol. The highest BCUT2D eigenvalue weighted by Crippen LogP contribution is 2.35. The fourth-order valence-corrected chi connectivity index (χ4v) is 2.75. The van der Waals surface area contributed by atoms with Crippen LogP contribution in [0.25, 0.3) is 10.9 Å². The molecule has 2 aromatic rings. The van der Waals surface area contributed by atoms with Crippen LogP contribution in [0, 0.1) is 0 Å². The molecule has 3 heteroatoms. The first kappa shape index (κ1) is 14.9. The number of nitrogens with zero attached hydrogens (tertiary/aromatic N) is 1. The van der Waals surface area contributed by atoms with E-state index in [1.54, 1.807) is 6.20 Å². The van der Waals surface area contributed by atoms with Crippen LogP contribution < -0.4 is 0 Å². The van der Waals surface area contributed by atoms with Crippen LogP contribution in [0.3, 0.4) is 0 Å². The van der Waals surface area contributed by atoms with Crippen LogP contribution in [0.2, 0.25) is 0 Å². The molecule has 3 nitrogen and oxygen atoms in total. The number of hydrogen-bond donors (Lipinski definition) is 1. The maximum absolute atomic E-state index is 10.8. The monoisotopic (exact) mass is 273 g/mol. The molecule has 1 unspecified atom stereocenters. The summed E-state index contributed by atoms with van der Waals surface area (Å²) in [6.07, 6.45) is 2.64. The SMILES string of the molecule is CCOC(CC)(CC)C(O)c1cnc2ccccc2c1. The van der Waals surface area contributed by atoms with Crippen molar-refractivity contribution in [2.75, 3.05) is 6.61 Å². The fourth-order valence-electron chi connectivity index (χ4n) is 2.75. The van der Waals surface area contributed by atoms with E-state index in [4.69, 9.17) is 4.74 Å². The van der Waals surface area contributed by atoms with Crippen LogP contribution >= 0.6 is 0 Å². The molecule has 0 aliphatic carbocycles. The van der Waals surface area contributed by atoms with Crippen LogP contribution in [0.15, 0.2) is 36.5 Å². The second-order valence-electron chi connectivity index (χ2n) is 5.07. The van der Waals surface area contributed by atoms with Gasteiger partial charge in [-0.05, 0) is 31.9 Å². The van der Waals surface area contributed by atoms with Crippen LogP contribution in [-0.2, 0) is 4.74 Å². The minimum Gasteiger partial charge on any atom is -0.385 e. The molecular weight excluding hydrogens is 250 g/mol. The molecule has 1 aromatic carbocycles. The minimum atomic E-state index is -0.658. The van der Waals surface area contributed by atoms with E-state index in [1.165, 1.54) is 0 Å². The zero-order valence-corrected chi connectivity index (χ0v) is 12.5. The van der Waals surface area contributed by atoms with Crippen LogP contribution in [-0.4, -0.2) is 22.3 Å². The number of rotatable bonds is 6. The van der Waals surface area contributed by atoms with Crippen molar-refractivity contribution in [1.29, 1.82) is 0 Å². The van der Waals surface area contributed by atoms with Gasteiger partial charge in [0.15, 0.2) is 0 Å². The molecular formula is C17H23NO2. The van der Waals surface area contributed by atoms with Crippen molar-refractivity contribution in [1.82, 2.24) is 4.98 Å². The lowest BCUT2D eigenvalue weighted by Gasteiger charge is -2.36. The molecule has 1 N–H and O–H groups in total. The molecule has 0 amide bonds. The average Bonchev–Trinajstić information content (AvgIpc) is 2.51. The molecule has 2 rings (SSSR count). The Kier molecular flexibility index (Phi) is 4.73. The third-order valence-corrected chi connectivity index (χ3v) is 4.05. The number of aliphatic hydroxyl groups is 1. The first-order chi connectivity index (χ1) is 9.66. The molecule has 108 valence electrons. The first-order valence-corrected chi connectivity index (χ1v) is 7.33. The number of pyridine rings is 1.